The Kier molecular flexibility index (Phi) is 10.5. The van der Waals surface area contributed by atoms with Gasteiger partial charge in [-0.3, -0.25) is 0 Å². The lowest BCUT2D eigenvalue weighted by molar-refractivity contribution is -0.152. The molecule has 1 unspecified atom stereocenters. The van der Waals surface area contributed by atoms with E-state index in [2.05, 4.69) is 4.74 Å². The summed E-state index contributed by atoms with van der Waals surface area (Å²) in [6.07, 6.45) is 4.31. The van der Waals surface area contributed by atoms with Gasteiger partial charge in [0.2, 0.25) is 0 Å². The minimum atomic E-state index is -3.10. The Balaban J connectivity index is 1.75. The molecule has 2 aromatic carbocycles. The van der Waals surface area contributed by atoms with Crippen LogP contribution in [0.2, 0.25) is 0 Å². The minimum Gasteiger partial charge on any atom is -0.466 e. The van der Waals surface area contributed by atoms with Gasteiger partial charge in [0, 0.05) is 19.1 Å². The predicted molar refractivity (Wildman–Crippen MR) is 152 cm³/mol. The molecule has 0 amide bonds. The van der Waals surface area contributed by atoms with E-state index in [1.807, 2.05) is 6.92 Å². The highest BCUT2D eigenvalue weighted by atomic mass is 19.3. The highest BCUT2D eigenvalue weighted by Crippen LogP contribution is 2.36. The monoisotopic (exact) mass is 602 g/mol. The van der Waals surface area contributed by atoms with Crippen molar-refractivity contribution in [2.45, 2.75) is 70.9 Å². The van der Waals surface area contributed by atoms with Gasteiger partial charge in [-0.15, -0.1) is 0 Å². The van der Waals surface area contributed by atoms with Gasteiger partial charge >= 0.3 is 18.6 Å². The number of cyclic esters (lactones) is 1. The number of halogens is 2. The molecule has 1 saturated heterocycles. The van der Waals surface area contributed by atoms with Crippen LogP contribution in [0.25, 0.3) is 6.08 Å². The second-order valence-electron chi connectivity index (χ2n) is 10.7. The van der Waals surface area contributed by atoms with Gasteiger partial charge in [-0.25, -0.2) is 9.59 Å². The van der Waals surface area contributed by atoms with Gasteiger partial charge < -0.3 is 33.2 Å². The lowest BCUT2D eigenvalue weighted by atomic mass is 9.98. The Labute approximate surface area is 249 Å². The number of rotatable bonds is 7. The molecule has 232 valence electrons. The molecular weight excluding hydrogens is 566 g/mol. The molecule has 0 saturated carbocycles. The first-order chi connectivity index (χ1) is 20.5. The van der Waals surface area contributed by atoms with Gasteiger partial charge in [-0.05, 0) is 57.0 Å². The number of benzene rings is 2. The van der Waals surface area contributed by atoms with Crippen LogP contribution < -0.4 is 9.47 Å². The molecule has 4 rings (SSSR count). The maximum Gasteiger partial charge on any atom is 0.387 e. The zero-order valence-corrected chi connectivity index (χ0v) is 24.7. The maximum atomic E-state index is 13.5. The van der Waals surface area contributed by atoms with Crippen molar-refractivity contribution in [2.75, 3.05) is 13.9 Å². The van der Waals surface area contributed by atoms with Gasteiger partial charge in [0.15, 0.2) is 12.6 Å². The minimum absolute atomic E-state index is 0.0187. The molecule has 0 aliphatic carbocycles. The van der Waals surface area contributed by atoms with E-state index in [1.54, 1.807) is 75.4 Å². The fraction of sp³-hybridized carbons (Fsp3) is 0.438. The summed E-state index contributed by atoms with van der Waals surface area (Å²) in [6.45, 7) is 3.73. The summed E-state index contributed by atoms with van der Waals surface area (Å²) in [4.78, 5) is 26.5. The van der Waals surface area contributed by atoms with E-state index >= 15 is 0 Å². The number of esters is 2. The number of alkyl halides is 2. The molecule has 0 N–H and O–H groups in total. The van der Waals surface area contributed by atoms with Crippen LogP contribution >= 0.6 is 0 Å². The predicted octanol–water partition coefficient (Wildman–Crippen LogP) is 6.17. The van der Waals surface area contributed by atoms with Crippen molar-refractivity contribution in [3.8, 4) is 11.5 Å². The van der Waals surface area contributed by atoms with E-state index in [1.165, 1.54) is 19.2 Å². The lowest BCUT2D eigenvalue weighted by Crippen LogP contribution is -2.37. The van der Waals surface area contributed by atoms with Gasteiger partial charge in [0.1, 0.15) is 35.4 Å². The first-order valence-electron chi connectivity index (χ1n) is 13.9. The normalized spacial score (nSPS) is 26.8. The third-order valence-electron chi connectivity index (χ3n) is 6.97. The van der Waals surface area contributed by atoms with Gasteiger partial charge in [0.25, 0.3) is 0 Å². The average molecular weight is 603 g/mol. The summed E-state index contributed by atoms with van der Waals surface area (Å²) in [5.74, 6) is -2.84. The smallest absolute Gasteiger partial charge is 0.387 e. The summed E-state index contributed by atoms with van der Waals surface area (Å²) >= 11 is 0. The maximum absolute atomic E-state index is 13.5. The zero-order chi connectivity index (χ0) is 31.1. The topological polar surface area (TPSA) is 98.8 Å². The molecule has 0 spiro atoms. The summed E-state index contributed by atoms with van der Waals surface area (Å²) in [5, 5.41) is 0. The average Bonchev–Trinajstić information content (AvgIpc) is 3.27. The number of methoxy groups -OCH3 is 1. The van der Waals surface area contributed by atoms with Gasteiger partial charge in [0.05, 0.1) is 11.7 Å². The molecule has 2 aromatic rings. The van der Waals surface area contributed by atoms with Crippen LogP contribution in [0, 0.1) is 5.92 Å². The molecule has 2 aliphatic rings. The van der Waals surface area contributed by atoms with Crippen molar-refractivity contribution < 1.29 is 51.5 Å². The molecule has 2 aliphatic heterocycles. The van der Waals surface area contributed by atoms with Crippen LogP contribution in [0.5, 0.6) is 11.5 Å². The molecule has 9 nitrogen and oxygen atoms in total. The third-order valence-corrected chi connectivity index (χ3v) is 6.97. The van der Waals surface area contributed by atoms with E-state index in [0.29, 0.717) is 5.56 Å². The second kappa shape index (κ2) is 14.1. The summed E-state index contributed by atoms with van der Waals surface area (Å²) in [5.41, 5.74) is 0.624. The highest BCUT2D eigenvalue weighted by Gasteiger charge is 2.45. The lowest BCUT2D eigenvalue weighted by Gasteiger charge is -2.25. The van der Waals surface area contributed by atoms with Crippen LogP contribution in [0.4, 0.5) is 8.78 Å². The first kappa shape index (κ1) is 32.1. The van der Waals surface area contributed by atoms with Crippen molar-refractivity contribution in [3.63, 3.8) is 0 Å². The summed E-state index contributed by atoms with van der Waals surface area (Å²) in [7, 11) is 1.39. The van der Waals surface area contributed by atoms with E-state index in [4.69, 9.17) is 28.4 Å². The number of carbonyl (C=O) groups is 2. The Morgan fingerprint density at radius 1 is 1.09 bits per heavy atom. The molecule has 5 atom stereocenters. The molecule has 0 radical (unpaired) electrons. The fourth-order valence-corrected chi connectivity index (χ4v) is 4.78. The Bertz CT molecular complexity index is 1330. The molecule has 43 heavy (non-hydrogen) atoms. The first-order valence-corrected chi connectivity index (χ1v) is 13.9. The molecule has 11 heteroatoms. The molecule has 2 heterocycles. The number of hydrogen-bond donors (Lipinski definition) is 0. The number of carbonyl (C=O) groups excluding carboxylic acids is 2. The molecular formula is C32H36F2O9. The van der Waals surface area contributed by atoms with Crippen molar-refractivity contribution in [3.05, 3.63) is 77.4 Å². The van der Waals surface area contributed by atoms with Crippen LogP contribution in [-0.4, -0.2) is 62.7 Å². The highest BCUT2D eigenvalue weighted by molar-refractivity contribution is 5.97. The Morgan fingerprint density at radius 2 is 1.84 bits per heavy atom. The molecule has 1 fully saturated rings. The van der Waals surface area contributed by atoms with Gasteiger partial charge in [-0.1, -0.05) is 43.4 Å². The van der Waals surface area contributed by atoms with Crippen LogP contribution in [-0.2, 0) is 23.7 Å². The standard InChI is InChI=1S/C32H36F2O9/c1-19-14-15-24(41-29(35)21-10-7-6-8-11-21)28-25(42-32(3,4)43-28)13-9-12-22-16-23(40-31(33)34)17-26(38-18-37-5)27(22)30(36)39-20(19)2/h6-12,14-17,19-20,24-25,28,31H,13,18H2,1-5H3/b12-9+,15-14-/t19-,20+,24?,25+,28-/m1/s1. The summed E-state index contributed by atoms with van der Waals surface area (Å²) < 4.78 is 65.6. The molecule has 0 aromatic heterocycles. The SMILES string of the molecule is COCOc1cc(OC(F)F)cc2c1C(=O)O[C@@H](C)[C@H](C)/C=C\C(OC(=O)c1ccccc1)[C@H]1OC(C)(C)O[C@H]1C/C=C/2. The quantitative estimate of drug-likeness (QED) is 0.209. The number of hydrogen-bond acceptors (Lipinski definition) is 9. The van der Waals surface area contributed by atoms with Crippen LogP contribution in [0.15, 0.2) is 60.7 Å². The van der Waals surface area contributed by atoms with Crippen molar-refractivity contribution in [1.29, 1.82) is 0 Å². The van der Waals surface area contributed by atoms with Crippen molar-refractivity contribution in [2.24, 2.45) is 5.92 Å². The molecule has 0 bridgehead atoms. The number of fused-ring (bicyclic) bond motifs is 2. The van der Waals surface area contributed by atoms with Crippen molar-refractivity contribution in [1.82, 2.24) is 0 Å². The zero-order valence-electron chi connectivity index (χ0n) is 24.7. The van der Waals surface area contributed by atoms with Crippen LogP contribution in [0.1, 0.15) is 60.4 Å². The van der Waals surface area contributed by atoms with E-state index in [9.17, 15) is 18.4 Å². The third kappa shape index (κ3) is 8.40. The second-order valence-corrected chi connectivity index (χ2v) is 10.7. The Hall–Kier alpha value is -3.80. The van der Waals surface area contributed by atoms with Gasteiger partial charge in [-0.2, -0.15) is 8.78 Å². The van der Waals surface area contributed by atoms with E-state index in [0.717, 1.165) is 0 Å². The largest absolute Gasteiger partial charge is 0.466 e. The van der Waals surface area contributed by atoms with E-state index in [-0.39, 0.29) is 41.8 Å². The fourth-order valence-electron chi connectivity index (χ4n) is 4.78. The summed E-state index contributed by atoms with van der Waals surface area (Å²) in [6, 6.07) is 11.1. The van der Waals surface area contributed by atoms with Crippen LogP contribution in [0.3, 0.4) is 0 Å². The van der Waals surface area contributed by atoms with E-state index < -0.39 is 48.8 Å². The number of ether oxygens (including phenoxy) is 7. The Morgan fingerprint density at radius 3 is 2.53 bits per heavy atom. The van der Waals surface area contributed by atoms with Crippen molar-refractivity contribution >= 4 is 18.0 Å².